The second-order valence-corrected chi connectivity index (χ2v) is 4.93. The highest BCUT2D eigenvalue weighted by atomic mass is 16.2. The molecular formula is C16H17N3O. The van der Waals surface area contributed by atoms with E-state index in [2.05, 4.69) is 10.3 Å². The molecule has 20 heavy (non-hydrogen) atoms. The van der Waals surface area contributed by atoms with Crippen molar-refractivity contribution in [2.24, 2.45) is 0 Å². The number of hydrogen-bond donors (Lipinski definition) is 1. The molecule has 0 bridgehead atoms. The van der Waals surface area contributed by atoms with Crippen LogP contribution in [0.1, 0.15) is 24.4 Å². The third-order valence-corrected chi connectivity index (χ3v) is 3.61. The van der Waals surface area contributed by atoms with Gasteiger partial charge in [-0.15, -0.1) is 0 Å². The van der Waals surface area contributed by atoms with Crippen molar-refractivity contribution in [3.63, 3.8) is 0 Å². The van der Waals surface area contributed by atoms with E-state index in [1.54, 1.807) is 6.20 Å². The summed E-state index contributed by atoms with van der Waals surface area (Å²) in [5.41, 5.74) is 1.93. The number of benzene rings is 1. The number of nitrogens with zero attached hydrogens (tertiary/aromatic N) is 2. The lowest BCUT2D eigenvalue weighted by Gasteiger charge is -2.25. The summed E-state index contributed by atoms with van der Waals surface area (Å²) in [6.07, 6.45) is 5.63. The quantitative estimate of drug-likeness (QED) is 0.905. The van der Waals surface area contributed by atoms with Crippen LogP contribution in [-0.4, -0.2) is 22.5 Å². The molecule has 1 aliphatic heterocycles. The number of para-hydroxylation sites is 1. The lowest BCUT2D eigenvalue weighted by Crippen LogP contribution is -2.34. The first kappa shape index (κ1) is 12.7. The molecule has 1 saturated heterocycles. The highest BCUT2D eigenvalue weighted by molar-refractivity contribution is 5.89. The van der Waals surface area contributed by atoms with Gasteiger partial charge in [-0.3, -0.25) is 4.98 Å². The van der Waals surface area contributed by atoms with Gasteiger partial charge in [-0.2, -0.15) is 0 Å². The number of nitrogens with one attached hydrogen (secondary N) is 1. The van der Waals surface area contributed by atoms with E-state index in [-0.39, 0.29) is 12.1 Å². The van der Waals surface area contributed by atoms with Crippen LogP contribution in [0.2, 0.25) is 0 Å². The second kappa shape index (κ2) is 5.74. The molecule has 1 atom stereocenters. The number of pyridine rings is 1. The molecular weight excluding hydrogens is 250 g/mol. The largest absolute Gasteiger partial charge is 0.322 e. The predicted octanol–water partition coefficient (Wildman–Crippen LogP) is 3.45. The van der Waals surface area contributed by atoms with Crippen LogP contribution in [0.15, 0.2) is 54.9 Å². The molecule has 1 aromatic heterocycles. The molecule has 0 aliphatic carbocycles. The molecule has 4 heteroatoms. The molecule has 1 fully saturated rings. The summed E-state index contributed by atoms with van der Waals surface area (Å²) < 4.78 is 0. The molecule has 1 aromatic carbocycles. The SMILES string of the molecule is O=C(Nc1ccccc1)N1CCC[C@H]1c1cccnc1. The molecule has 0 saturated carbocycles. The van der Waals surface area contributed by atoms with Gasteiger partial charge in [0.2, 0.25) is 0 Å². The van der Waals surface area contributed by atoms with Crippen LogP contribution < -0.4 is 5.32 Å². The Morgan fingerprint density at radius 2 is 2.05 bits per heavy atom. The van der Waals surface area contributed by atoms with E-state index in [9.17, 15) is 4.79 Å². The van der Waals surface area contributed by atoms with E-state index in [1.165, 1.54) is 0 Å². The van der Waals surface area contributed by atoms with Gasteiger partial charge in [-0.1, -0.05) is 24.3 Å². The Labute approximate surface area is 118 Å². The molecule has 1 aliphatic rings. The van der Waals surface area contributed by atoms with E-state index in [0.29, 0.717) is 0 Å². The van der Waals surface area contributed by atoms with Crippen molar-refractivity contribution in [1.29, 1.82) is 0 Å². The van der Waals surface area contributed by atoms with E-state index >= 15 is 0 Å². The Morgan fingerprint density at radius 3 is 2.80 bits per heavy atom. The van der Waals surface area contributed by atoms with Crippen LogP contribution in [0.4, 0.5) is 10.5 Å². The number of carbonyl (C=O) groups is 1. The first-order chi connectivity index (χ1) is 9.84. The molecule has 2 amide bonds. The maximum absolute atomic E-state index is 12.4. The summed E-state index contributed by atoms with van der Waals surface area (Å²) in [4.78, 5) is 18.4. The lowest BCUT2D eigenvalue weighted by atomic mass is 10.1. The Morgan fingerprint density at radius 1 is 1.20 bits per heavy atom. The zero-order valence-corrected chi connectivity index (χ0v) is 11.2. The first-order valence-corrected chi connectivity index (χ1v) is 6.87. The molecule has 0 spiro atoms. The van der Waals surface area contributed by atoms with E-state index in [4.69, 9.17) is 0 Å². The Hall–Kier alpha value is -2.36. The second-order valence-electron chi connectivity index (χ2n) is 4.93. The van der Waals surface area contributed by atoms with Crippen molar-refractivity contribution >= 4 is 11.7 Å². The molecule has 2 heterocycles. The fraction of sp³-hybridized carbons (Fsp3) is 0.250. The highest BCUT2D eigenvalue weighted by Gasteiger charge is 2.29. The minimum atomic E-state index is -0.0393. The van der Waals surface area contributed by atoms with Gasteiger partial charge in [0.1, 0.15) is 0 Å². The summed E-state index contributed by atoms with van der Waals surface area (Å²) in [5.74, 6) is 0. The lowest BCUT2D eigenvalue weighted by molar-refractivity contribution is 0.207. The van der Waals surface area contributed by atoms with E-state index in [1.807, 2.05) is 53.6 Å². The molecule has 3 rings (SSSR count). The zero-order chi connectivity index (χ0) is 13.8. The van der Waals surface area contributed by atoms with Gasteiger partial charge >= 0.3 is 6.03 Å². The average molecular weight is 267 g/mol. The van der Waals surface area contributed by atoms with Gasteiger partial charge in [0.05, 0.1) is 6.04 Å². The molecule has 0 unspecified atom stereocenters. The van der Waals surface area contributed by atoms with E-state index in [0.717, 1.165) is 30.6 Å². The number of rotatable bonds is 2. The summed E-state index contributed by atoms with van der Waals surface area (Å²) in [6, 6.07) is 13.6. The molecule has 4 nitrogen and oxygen atoms in total. The molecule has 0 radical (unpaired) electrons. The smallest absolute Gasteiger partial charge is 0.317 e. The van der Waals surface area contributed by atoms with Crippen LogP contribution >= 0.6 is 0 Å². The number of amides is 2. The molecule has 1 N–H and O–H groups in total. The summed E-state index contributed by atoms with van der Waals surface area (Å²) in [6.45, 7) is 0.790. The zero-order valence-electron chi connectivity index (χ0n) is 11.2. The number of aromatic nitrogens is 1. The van der Waals surface area contributed by atoms with Gasteiger partial charge in [0.25, 0.3) is 0 Å². The van der Waals surface area contributed by atoms with Crippen molar-refractivity contribution in [3.8, 4) is 0 Å². The van der Waals surface area contributed by atoms with Crippen molar-refractivity contribution < 1.29 is 4.79 Å². The third-order valence-electron chi connectivity index (χ3n) is 3.61. The topological polar surface area (TPSA) is 45.2 Å². The number of likely N-dealkylation sites (tertiary alicyclic amines) is 1. The Balaban J connectivity index is 1.74. The Kier molecular flexibility index (Phi) is 3.63. The fourth-order valence-corrected chi connectivity index (χ4v) is 2.65. The van der Waals surface area contributed by atoms with Gasteiger partial charge < -0.3 is 10.2 Å². The standard InChI is InChI=1S/C16H17N3O/c20-16(18-14-7-2-1-3-8-14)19-11-5-9-15(19)13-6-4-10-17-12-13/h1-4,6-8,10,12,15H,5,9,11H2,(H,18,20)/t15-/m0/s1. The molecule has 2 aromatic rings. The summed E-state index contributed by atoms with van der Waals surface area (Å²) in [5, 5.41) is 2.95. The van der Waals surface area contributed by atoms with Gasteiger partial charge in [0.15, 0.2) is 0 Å². The highest BCUT2D eigenvalue weighted by Crippen LogP contribution is 2.31. The van der Waals surface area contributed by atoms with Gasteiger partial charge in [-0.25, -0.2) is 4.79 Å². The average Bonchev–Trinajstić information content (AvgIpc) is 2.99. The van der Waals surface area contributed by atoms with Gasteiger partial charge in [-0.05, 0) is 36.6 Å². The monoisotopic (exact) mass is 267 g/mol. The van der Waals surface area contributed by atoms with Crippen molar-refractivity contribution in [2.75, 3.05) is 11.9 Å². The van der Waals surface area contributed by atoms with Crippen LogP contribution in [0.25, 0.3) is 0 Å². The summed E-state index contributed by atoms with van der Waals surface area (Å²) >= 11 is 0. The predicted molar refractivity (Wildman–Crippen MR) is 78.4 cm³/mol. The Bertz CT molecular complexity index is 571. The minimum Gasteiger partial charge on any atom is -0.317 e. The van der Waals surface area contributed by atoms with Crippen LogP contribution in [0.3, 0.4) is 0 Å². The number of anilines is 1. The normalized spacial score (nSPS) is 18.0. The third kappa shape index (κ3) is 2.64. The maximum atomic E-state index is 12.4. The number of carbonyl (C=O) groups excluding carboxylic acids is 1. The molecule has 102 valence electrons. The van der Waals surface area contributed by atoms with Crippen LogP contribution in [0, 0.1) is 0 Å². The maximum Gasteiger partial charge on any atom is 0.322 e. The van der Waals surface area contributed by atoms with Crippen molar-refractivity contribution in [3.05, 3.63) is 60.4 Å². The van der Waals surface area contributed by atoms with Crippen molar-refractivity contribution in [1.82, 2.24) is 9.88 Å². The van der Waals surface area contributed by atoms with Crippen LogP contribution in [-0.2, 0) is 0 Å². The number of hydrogen-bond acceptors (Lipinski definition) is 2. The number of urea groups is 1. The fourth-order valence-electron chi connectivity index (χ4n) is 2.65. The summed E-state index contributed by atoms with van der Waals surface area (Å²) in [7, 11) is 0. The minimum absolute atomic E-state index is 0.0393. The van der Waals surface area contributed by atoms with Crippen molar-refractivity contribution in [2.45, 2.75) is 18.9 Å². The first-order valence-electron chi connectivity index (χ1n) is 6.87. The van der Waals surface area contributed by atoms with Crippen LogP contribution in [0.5, 0.6) is 0 Å². The van der Waals surface area contributed by atoms with E-state index < -0.39 is 0 Å². The van der Waals surface area contributed by atoms with Gasteiger partial charge in [0, 0.05) is 24.6 Å².